The highest BCUT2D eigenvalue weighted by Gasteiger charge is 2.13. The quantitative estimate of drug-likeness (QED) is 0.666. The average molecular weight is 339 g/mol. The summed E-state index contributed by atoms with van der Waals surface area (Å²) in [6.07, 6.45) is 1.88. The van der Waals surface area contributed by atoms with Crippen LogP contribution in [0.4, 0.5) is 10.8 Å². The Hall–Kier alpha value is -2.27. The van der Waals surface area contributed by atoms with Crippen LogP contribution in [0.2, 0.25) is 0 Å². The molecule has 4 nitrogen and oxygen atoms in total. The SMILES string of the molecule is CCN(CC)c1nc2cc(CCc3ccccc3)c(N=[NH2+])cc2s1. The minimum atomic E-state index is 0.869. The van der Waals surface area contributed by atoms with E-state index in [-0.39, 0.29) is 0 Å². The summed E-state index contributed by atoms with van der Waals surface area (Å²) in [4.78, 5) is 7.08. The van der Waals surface area contributed by atoms with Crippen molar-refractivity contribution in [3.8, 4) is 0 Å². The van der Waals surface area contributed by atoms with Crippen LogP contribution in [-0.2, 0) is 12.8 Å². The summed E-state index contributed by atoms with van der Waals surface area (Å²) in [5, 5.41) is 5.06. The number of nitrogens with two attached hydrogens (primary N) is 1. The topological polar surface area (TPSA) is 54.1 Å². The molecule has 0 bridgehead atoms. The van der Waals surface area contributed by atoms with Gasteiger partial charge in [0, 0.05) is 13.1 Å². The van der Waals surface area contributed by atoms with Crippen molar-refractivity contribution >= 4 is 32.4 Å². The molecule has 0 unspecified atom stereocenters. The maximum atomic E-state index is 5.63. The first kappa shape index (κ1) is 16.6. The molecule has 0 aliphatic carbocycles. The number of benzene rings is 2. The molecule has 0 aliphatic heterocycles. The Labute approximate surface area is 146 Å². The van der Waals surface area contributed by atoms with E-state index < -0.39 is 0 Å². The predicted octanol–water partition coefficient (Wildman–Crippen LogP) is 3.77. The van der Waals surface area contributed by atoms with E-state index in [0.717, 1.165) is 52.5 Å². The molecule has 1 heterocycles. The van der Waals surface area contributed by atoms with Gasteiger partial charge in [-0.2, -0.15) is 5.53 Å². The van der Waals surface area contributed by atoms with Crippen LogP contribution in [0.15, 0.2) is 47.6 Å². The normalized spacial score (nSPS) is 10.9. The third-order valence-corrected chi connectivity index (χ3v) is 5.36. The highest BCUT2D eigenvalue weighted by Crippen LogP contribution is 2.34. The van der Waals surface area contributed by atoms with Crippen molar-refractivity contribution in [2.24, 2.45) is 5.11 Å². The van der Waals surface area contributed by atoms with Gasteiger partial charge in [-0.05, 0) is 55.1 Å². The van der Waals surface area contributed by atoms with E-state index in [0.29, 0.717) is 0 Å². The second-order valence-corrected chi connectivity index (χ2v) is 6.74. The number of hydrogen-bond acceptors (Lipinski definition) is 4. The number of rotatable bonds is 7. The monoisotopic (exact) mass is 339 g/mol. The summed E-state index contributed by atoms with van der Waals surface area (Å²) in [5.41, 5.74) is 10.0. The Morgan fingerprint density at radius 3 is 2.50 bits per heavy atom. The number of fused-ring (bicyclic) bond motifs is 1. The lowest BCUT2D eigenvalue weighted by Crippen LogP contribution is -2.22. The zero-order valence-corrected chi connectivity index (χ0v) is 15.0. The van der Waals surface area contributed by atoms with Crippen LogP contribution in [0.1, 0.15) is 25.0 Å². The van der Waals surface area contributed by atoms with Gasteiger partial charge in [0.1, 0.15) is 5.69 Å². The van der Waals surface area contributed by atoms with Gasteiger partial charge >= 0.3 is 0 Å². The average Bonchev–Trinajstić information content (AvgIpc) is 3.03. The molecule has 0 saturated carbocycles. The first-order valence-electron chi connectivity index (χ1n) is 8.38. The molecule has 2 aromatic carbocycles. The maximum Gasteiger partial charge on any atom is 0.186 e. The molecular weight excluding hydrogens is 316 g/mol. The van der Waals surface area contributed by atoms with Gasteiger partial charge in [0.2, 0.25) is 0 Å². The third-order valence-electron chi connectivity index (χ3n) is 4.28. The molecule has 3 rings (SSSR count). The van der Waals surface area contributed by atoms with Crippen molar-refractivity contribution < 1.29 is 5.53 Å². The molecule has 3 aromatic rings. The van der Waals surface area contributed by atoms with E-state index in [1.807, 2.05) is 6.07 Å². The van der Waals surface area contributed by atoms with Gasteiger partial charge in [-0.1, -0.05) is 41.7 Å². The van der Waals surface area contributed by atoms with Crippen LogP contribution in [-0.4, -0.2) is 18.1 Å². The molecular formula is C19H23N4S+. The second kappa shape index (κ2) is 7.53. The van der Waals surface area contributed by atoms with Crippen LogP contribution in [0.25, 0.3) is 10.2 Å². The molecule has 124 valence electrons. The zero-order chi connectivity index (χ0) is 16.9. The van der Waals surface area contributed by atoms with Gasteiger partial charge < -0.3 is 4.90 Å². The Kier molecular flexibility index (Phi) is 5.20. The summed E-state index contributed by atoms with van der Waals surface area (Å²) >= 11 is 1.71. The van der Waals surface area contributed by atoms with E-state index in [2.05, 4.69) is 60.3 Å². The Bertz CT molecular complexity index is 822. The molecule has 0 saturated heterocycles. The smallest absolute Gasteiger partial charge is 0.186 e. The molecule has 1 aromatic heterocycles. The predicted molar refractivity (Wildman–Crippen MR) is 101 cm³/mol. The largest absolute Gasteiger partial charge is 0.349 e. The van der Waals surface area contributed by atoms with Crippen LogP contribution in [0.3, 0.4) is 0 Å². The van der Waals surface area contributed by atoms with Crippen LogP contribution in [0, 0.1) is 0 Å². The van der Waals surface area contributed by atoms with Crippen LogP contribution in [0.5, 0.6) is 0 Å². The van der Waals surface area contributed by atoms with Gasteiger partial charge in [-0.25, -0.2) is 4.98 Å². The van der Waals surface area contributed by atoms with Crippen molar-refractivity contribution in [3.05, 3.63) is 53.6 Å². The zero-order valence-electron chi connectivity index (χ0n) is 14.2. The van der Waals surface area contributed by atoms with E-state index in [1.165, 1.54) is 5.56 Å². The fourth-order valence-electron chi connectivity index (χ4n) is 2.87. The Morgan fingerprint density at radius 1 is 1.08 bits per heavy atom. The minimum absolute atomic E-state index is 0.869. The molecule has 0 spiro atoms. The van der Waals surface area contributed by atoms with Gasteiger partial charge in [0.25, 0.3) is 0 Å². The molecule has 0 aliphatic rings. The summed E-state index contributed by atoms with van der Waals surface area (Å²) in [7, 11) is 0. The number of nitrogens with zero attached hydrogens (tertiary/aromatic N) is 3. The van der Waals surface area contributed by atoms with Crippen LogP contribution < -0.4 is 10.4 Å². The highest BCUT2D eigenvalue weighted by molar-refractivity contribution is 7.22. The van der Waals surface area contributed by atoms with Crippen molar-refractivity contribution in [1.82, 2.24) is 4.98 Å². The number of hydrogen-bond donors (Lipinski definition) is 1. The molecule has 0 fully saturated rings. The van der Waals surface area contributed by atoms with Gasteiger partial charge in [0.05, 0.1) is 10.2 Å². The van der Waals surface area contributed by atoms with E-state index >= 15 is 0 Å². The number of aromatic nitrogens is 1. The second-order valence-electron chi connectivity index (χ2n) is 5.73. The maximum absolute atomic E-state index is 5.63. The van der Waals surface area contributed by atoms with Crippen LogP contribution >= 0.6 is 11.3 Å². The first-order valence-corrected chi connectivity index (χ1v) is 9.20. The van der Waals surface area contributed by atoms with Crippen molar-refractivity contribution in [1.29, 1.82) is 0 Å². The number of anilines is 1. The molecule has 0 atom stereocenters. The first-order chi connectivity index (χ1) is 11.7. The lowest BCUT2D eigenvalue weighted by atomic mass is 10.0. The fourth-order valence-corrected chi connectivity index (χ4v) is 3.98. The summed E-state index contributed by atoms with van der Waals surface area (Å²) < 4.78 is 1.14. The lowest BCUT2D eigenvalue weighted by molar-refractivity contribution is -0.210. The lowest BCUT2D eigenvalue weighted by Gasteiger charge is -2.16. The highest BCUT2D eigenvalue weighted by atomic mass is 32.1. The Morgan fingerprint density at radius 2 is 1.83 bits per heavy atom. The summed E-state index contributed by atoms with van der Waals surface area (Å²) in [6, 6.07) is 14.7. The third kappa shape index (κ3) is 3.46. The molecule has 0 amide bonds. The fraction of sp³-hybridized carbons (Fsp3) is 0.316. The van der Waals surface area contributed by atoms with Crippen molar-refractivity contribution in [2.75, 3.05) is 18.0 Å². The van der Waals surface area contributed by atoms with Crippen molar-refractivity contribution in [3.63, 3.8) is 0 Å². The minimum Gasteiger partial charge on any atom is -0.349 e. The molecule has 24 heavy (non-hydrogen) atoms. The van der Waals surface area contributed by atoms with Crippen molar-refractivity contribution in [2.45, 2.75) is 26.7 Å². The standard InChI is InChI=1S/C19H22N4S/c1-3-23(4-2)19-21-17-12-15(16(22-20)13-18(17)24-19)11-10-14-8-6-5-7-9-14/h5-9,12-13,20H,3-4,10-11H2,1-2H3/p+1. The van der Waals surface area contributed by atoms with Gasteiger partial charge in [-0.3, -0.25) is 0 Å². The molecule has 0 radical (unpaired) electrons. The number of aryl methyl sites for hydroxylation is 2. The molecule has 5 heteroatoms. The van der Waals surface area contributed by atoms with E-state index in [9.17, 15) is 0 Å². The van der Waals surface area contributed by atoms with Gasteiger partial charge in [0.15, 0.2) is 5.13 Å². The van der Waals surface area contributed by atoms with E-state index in [4.69, 9.17) is 10.5 Å². The molecule has 2 N–H and O–H groups in total. The summed E-state index contributed by atoms with van der Waals surface area (Å²) in [5.74, 6) is 0. The number of thiazole rings is 1. The van der Waals surface area contributed by atoms with E-state index in [1.54, 1.807) is 11.3 Å². The Balaban J connectivity index is 1.90. The summed E-state index contributed by atoms with van der Waals surface area (Å²) in [6.45, 7) is 6.24. The van der Waals surface area contributed by atoms with Gasteiger partial charge in [-0.15, -0.1) is 0 Å².